The van der Waals surface area contributed by atoms with Crippen LogP contribution in [0.25, 0.3) is 12.3 Å². The Bertz CT molecular complexity index is 842. The highest BCUT2D eigenvalue weighted by molar-refractivity contribution is 5.59. The Morgan fingerprint density at radius 2 is 1.88 bits per heavy atom. The van der Waals surface area contributed by atoms with Crippen LogP contribution in [0.3, 0.4) is 0 Å². The van der Waals surface area contributed by atoms with Crippen molar-refractivity contribution in [1.29, 1.82) is 0 Å². The minimum absolute atomic E-state index is 0.0272. The summed E-state index contributed by atoms with van der Waals surface area (Å²) < 4.78 is 7.14. The van der Waals surface area contributed by atoms with E-state index in [1.54, 1.807) is 29.2 Å². The highest BCUT2D eigenvalue weighted by Gasteiger charge is 2.05. The fraction of sp³-hybridized carbons (Fsp3) is 0.0588. The smallest absolute Gasteiger partial charge is 0.269 e. The maximum atomic E-state index is 10.6. The lowest BCUT2D eigenvalue weighted by molar-refractivity contribution is -0.384. The topological polar surface area (TPSA) is 83.1 Å². The second kappa shape index (κ2) is 7.19. The molecule has 7 heteroatoms. The highest BCUT2D eigenvalue weighted by Crippen LogP contribution is 2.18. The molecule has 0 radical (unpaired) electrons. The van der Waals surface area contributed by atoms with Crippen LogP contribution in [0.1, 0.15) is 11.3 Å². The van der Waals surface area contributed by atoms with Gasteiger partial charge in [-0.25, -0.2) is 4.68 Å². The van der Waals surface area contributed by atoms with Crippen molar-refractivity contribution < 1.29 is 9.66 Å². The van der Waals surface area contributed by atoms with Crippen LogP contribution in [-0.2, 0) is 6.61 Å². The fourth-order valence-electron chi connectivity index (χ4n) is 2.00. The van der Waals surface area contributed by atoms with Crippen LogP contribution in [-0.4, -0.2) is 19.9 Å². The number of rotatable bonds is 6. The zero-order valence-electron chi connectivity index (χ0n) is 12.6. The summed E-state index contributed by atoms with van der Waals surface area (Å²) in [5.74, 6) is 0.537. The van der Waals surface area contributed by atoms with E-state index >= 15 is 0 Å². The molecule has 0 fully saturated rings. The Kier molecular flexibility index (Phi) is 4.62. The van der Waals surface area contributed by atoms with Crippen molar-refractivity contribution in [3.63, 3.8) is 0 Å². The summed E-state index contributed by atoms with van der Waals surface area (Å²) in [7, 11) is 0. The van der Waals surface area contributed by atoms with Crippen molar-refractivity contribution in [2.75, 3.05) is 0 Å². The standard InChI is InChI=1S/C17H14N4O3/c22-21(23)16-6-8-17(9-7-16)24-13-15-12-20(19-18-15)11-10-14-4-2-1-3-5-14/h1-12H,13H2/b11-10+. The Morgan fingerprint density at radius 3 is 2.58 bits per heavy atom. The van der Waals surface area contributed by atoms with E-state index < -0.39 is 4.92 Å². The highest BCUT2D eigenvalue weighted by atomic mass is 16.6. The molecule has 2 aromatic carbocycles. The predicted octanol–water partition coefficient (Wildman–Crippen LogP) is 3.39. The predicted molar refractivity (Wildman–Crippen MR) is 89.1 cm³/mol. The van der Waals surface area contributed by atoms with Gasteiger partial charge < -0.3 is 4.74 Å². The molecule has 0 saturated carbocycles. The van der Waals surface area contributed by atoms with E-state index in [-0.39, 0.29) is 12.3 Å². The van der Waals surface area contributed by atoms with Gasteiger partial charge in [-0.15, -0.1) is 5.10 Å². The molecule has 7 nitrogen and oxygen atoms in total. The molecule has 0 aliphatic heterocycles. The molecule has 0 N–H and O–H groups in total. The number of nitrogens with zero attached hydrogens (tertiary/aromatic N) is 4. The third-order valence-corrected chi connectivity index (χ3v) is 3.21. The van der Waals surface area contributed by atoms with Gasteiger partial charge in [0.25, 0.3) is 5.69 Å². The van der Waals surface area contributed by atoms with E-state index in [9.17, 15) is 10.1 Å². The van der Waals surface area contributed by atoms with Crippen molar-refractivity contribution in [2.24, 2.45) is 0 Å². The summed E-state index contributed by atoms with van der Waals surface area (Å²) >= 11 is 0. The molecule has 0 saturated heterocycles. The Balaban J connectivity index is 1.58. The Hall–Kier alpha value is -3.48. The Labute approximate surface area is 138 Å². The fourth-order valence-corrected chi connectivity index (χ4v) is 2.00. The van der Waals surface area contributed by atoms with Crippen molar-refractivity contribution >= 4 is 18.0 Å². The lowest BCUT2D eigenvalue weighted by Gasteiger charge is -2.02. The summed E-state index contributed by atoms with van der Waals surface area (Å²) in [6.07, 6.45) is 5.48. The Morgan fingerprint density at radius 1 is 1.12 bits per heavy atom. The maximum Gasteiger partial charge on any atom is 0.269 e. The molecule has 0 aliphatic carbocycles. The molecule has 0 atom stereocenters. The molecule has 3 aromatic rings. The van der Waals surface area contributed by atoms with Gasteiger partial charge in [-0.3, -0.25) is 10.1 Å². The molecule has 0 unspecified atom stereocenters. The molecule has 120 valence electrons. The largest absolute Gasteiger partial charge is 0.487 e. The first-order chi connectivity index (χ1) is 11.7. The van der Waals surface area contributed by atoms with Gasteiger partial charge in [0.1, 0.15) is 18.1 Å². The van der Waals surface area contributed by atoms with Gasteiger partial charge in [0.15, 0.2) is 0 Å². The number of hydrogen-bond acceptors (Lipinski definition) is 5. The summed E-state index contributed by atoms with van der Waals surface area (Å²) in [4.78, 5) is 10.1. The molecule has 3 rings (SSSR count). The van der Waals surface area contributed by atoms with E-state index in [1.807, 2.05) is 36.4 Å². The molecule has 24 heavy (non-hydrogen) atoms. The number of hydrogen-bond donors (Lipinski definition) is 0. The van der Waals surface area contributed by atoms with Gasteiger partial charge in [0, 0.05) is 18.3 Å². The van der Waals surface area contributed by atoms with Gasteiger partial charge in [0.2, 0.25) is 0 Å². The van der Waals surface area contributed by atoms with Crippen molar-refractivity contribution in [2.45, 2.75) is 6.61 Å². The van der Waals surface area contributed by atoms with E-state index in [4.69, 9.17) is 4.74 Å². The summed E-state index contributed by atoms with van der Waals surface area (Å²) in [6.45, 7) is 0.233. The van der Waals surface area contributed by atoms with Gasteiger partial charge >= 0.3 is 0 Å². The second-order valence-electron chi connectivity index (χ2n) is 4.96. The zero-order chi connectivity index (χ0) is 16.8. The lowest BCUT2D eigenvalue weighted by atomic mass is 10.2. The van der Waals surface area contributed by atoms with E-state index in [2.05, 4.69) is 10.3 Å². The average molecular weight is 322 g/mol. The van der Waals surface area contributed by atoms with E-state index in [0.29, 0.717) is 11.4 Å². The second-order valence-corrected chi connectivity index (χ2v) is 4.96. The molecule has 0 bridgehead atoms. The van der Waals surface area contributed by atoms with Crippen molar-refractivity contribution in [1.82, 2.24) is 15.0 Å². The molecule has 0 aliphatic rings. The van der Waals surface area contributed by atoms with Crippen LogP contribution in [0.15, 0.2) is 60.8 Å². The number of ether oxygens (including phenoxy) is 1. The number of nitro benzene ring substituents is 1. The number of nitro groups is 1. The van der Waals surface area contributed by atoms with Gasteiger partial charge in [-0.2, -0.15) is 0 Å². The van der Waals surface area contributed by atoms with E-state index in [0.717, 1.165) is 5.56 Å². The summed E-state index contributed by atoms with van der Waals surface area (Å²) in [5, 5.41) is 18.6. The van der Waals surface area contributed by atoms with Crippen molar-refractivity contribution in [3.05, 3.63) is 82.2 Å². The van der Waals surface area contributed by atoms with Gasteiger partial charge in [0.05, 0.1) is 11.1 Å². The van der Waals surface area contributed by atoms with Crippen LogP contribution >= 0.6 is 0 Å². The quantitative estimate of drug-likeness (QED) is 0.513. The SMILES string of the molecule is O=[N+]([O-])c1ccc(OCc2cn(/C=C/c3ccccc3)nn2)cc1. The number of aromatic nitrogens is 3. The maximum absolute atomic E-state index is 10.6. The molecule has 1 aromatic heterocycles. The third kappa shape index (κ3) is 4.04. The minimum atomic E-state index is -0.450. The van der Waals surface area contributed by atoms with Gasteiger partial charge in [-0.1, -0.05) is 35.5 Å². The summed E-state index contributed by atoms with van der Waals surface area (Å²) in [6, 6.07) is 15.8. The average Bonchev–Trinajstić information content (AvgIpc) is 3.07. The normalized spacial score (nSPS) is 10.8. The van der Waals surface area contributed by atoms with Crippen LogP contribution in [0, 0.1) is 10.1 Å². The molecular weight excluding hydrogens is 308 g/mol. The summed E-state index contributed by atoms with van der Waals surface area (Å²) in [5.41, 5.74) is 1.75. The number of non-ortho nitro benzene ring substituents is 1. The minimum Gasteiger partial charge on any atom is -0.487 e. The molecule has 1 heterocycles. The van der Waals surface area contributed by atoms with Crippen LogP contribution in [0.4, 0.5) is 5.69 Å². The number of benzene rings is 2. The molecule has 0 amide bonds. The van der Waals surface area contributed by atoms with Crippen LogP contribution < -0.4 is 4.74 Å². The molecule has 0 spiro atoms. The lowest BCUT2D eigenvalue weighted by Crippen LogP contribution is -1.96. The first-order valence-electron chi connectivity index (χ1n) is 7.22. The van der Waals surface area contributed by atoms with Gasteiger partial charge in [-0.05, 0) is 23.8 Å². The third-order valence-electron chi connectivity index (χ3n) is 3.21. The van der Waals surface area contributed by atoms with Crippen LogP contribution in [0.5, 0.6) is 5.75 Å². The zero-order valence-corrected chi connectivity index (χ0v) is 12.6. The first-order valence-corrected chi connectivity index (χ1v) is 7.22. The van der Waals surface area contributed by atoms with Crippen molar-refractivity contribution in [3.8, 4) is 5.75 Å². The van der Waals surface area contributed by atoms with E-state index in [1.165, 1.54) is 12.1 Å². The molecular formula is C17H14N4O3. The monoisotopic (exact) mass is 322 g/mol. The van der Waals surface area contributed by atoms with Crippen LogP contribution in [0.2, 0.25) is 0 Å². The first kappa shape index (κ1) is 15.4.